The third-order valence-electron chi connectivity index (χ3n) is 11.7. The van der Waals surface area contributed by atoms with Gasteiger partial charge in [0.15, 0.2) is 0 Å². The Hall–Kier alpha value is -3.28. The predicted octanol–water partition coefficient (Wildman–Crippen LogP) is 11.7. The molecule has 0 amide bonds. The molecule has 0 spiro atoms. The molecule has 4 heteroatoms. The van der Waals surface area contributed by atoms with Crippen molar-refractivity contribution >= 4 is 0 Å². The highest BCUT2D eigenvalue weighted by molar-refractivity contribution is 5.18. The van der Waals surface area contributed by atoms with Crippen LogP contribution in [0.5, 0.6) is 0 Å². The van der Waals surface area contributed by atoms with Crippen molar-refractivity contribution in [3.63, 3.8) is 0 Å². The van der Waals surface area contributed by atoms with Crippen LogP contribution in [0.2, 0.25) is 0 Å². The Morgan fingerprint density at radius 1 is 0.321 bits per heavy atom. The summed E-state index contributed by atoms with van der Waals surface area (Å²) in [6.07, 6.45) is 4.74. The first-order valence-corrected chi connectivity index (χ1v) is 22.1. The van der Waals surface area contributed by atoms with Crippen LogP contribution >= 0.6 is 0 Å². The SMILES string of the molecule is CC(C)C[C@H]1CN(Cc2ccccc2)[C@@H](CC(C)C)CN(Cc2ccccc2)[C@@H](CC(C)C)CN(Cc2ccccc2)[C@@H](CC(C)C)CN1Cc1ccccc1. The van der Waals surface area contributed by atoms with Gasteiger partial charge in [-0.25, -0.2) is 0 Å². The van der Waals surface area contributed by atoms with Crippen molar-refractivity contribution in [3.05, 3.63) is 144 Å². The van der Waals surface area contributed by atoms with Crippen LogP contribution in [0.15, 0.2) is 121 Å². The summed E-state index contributed by atoms with van der Waals surface area (Å²) in [5.41, 5.74) is 5.69. The summed E-state index contributed by atoms with van der Waals surface area (Å²) in [5, 5.41) is 0. The summed E-state index contributed by atoms with van der Waals surface area (Å²) < 4.78 is 0. The third-order valence-corrected chi connectivity index (χ3v) is 11.7. The van der Waals surface area contributed by atoms with Crippen molar-refractivity contribution in [2.45, 2.75) is 131 Å². The molecule has 1 fully saturated rings. The van der Waals surface area contributed by atoms with Crippen molar-refractivity contribution < 1.29 is 0 Å². The van der Waals surface area contributed by atoms with E-state index >= 15 is 0 Å². The van der Waals surface area contributed by atoms with E-state index in [1.807, 2.05) is 0 Å². The summed E-state index contributed by atoms with van der Waals surface area (Å²) in [6.45, 7) is 27.7. The Morgan fingerprint density at radius 3 is 0.661 bits per heavy atom. The van der Waals surface area contributed by atoms with Crippen LogP contribution < -0.4 is 0 Å². The van der Waals surface area contributed by atoms with Gasteiger partial charge in [-0.2, -0.15) is 0 Å². The van der Waals surface area contributed by atoms with E-state index in [1.165, 1.54) is 47.9 Å². The first kappa shape index (κ1) is 43.8. The van der Waals surface area contributed by atoms with Crippen molar-refractivity contribution in [2.75, 3.05) is 26.2 Å². The minimum atomic E-state index is 0.426. The van der Waals surface area contributed by atoms with Crippen LogP contribution in [0.4, 0.5) is 0 Å². The van der Waals surface area contributed by atoms with Crippen molar-refractivity contribution in [2.24, 2.45) is 23.7 Å². The van der Waals surface area contributed by atoms with Crippen LogP contribution in [0.3, 0.4) is 0 Å². The van der Waals surface area contributed by atoms with Gasteiger partial charge in [0, 0.05) is 76.5 Å². The quantitative estimate of drug-likeness (QED) is 0.113. The zero-order valence-corrected chi connectivity index (χ0v) is 36.4. The fourth-order valence-electron chi connectivity index (χ4n) is 9.26. The van der Waals surface area contributed by atoms with E-state index in [0.717, 1.165) is 52.4 Å². The Balaban J connectivity index is 1.70. The van der Waals surface area contributed by atoms with Crippen LogP contribution in [0, 0.1) is 23.7 Å². The maximum atomic E-state index is 2.94. The second-order valence-corrected chi connectivity index (χ2v) is 18.8. The van der Waals surface area contributed by atoms with Crippen molar-refractivity contribution in [1.82, 2.24) is 19.6 Å². The molecule has 0 unspecified atom stereocenters. The van der Waals surface area contributed by atoms with Crippen molar-refractivity contribution in [3.8, 4) is 0 Å². The maximum absolute atomic E-state index is 2.94. The number of hydrogen-bond acceptors (Lipinski definition) is 4. The zero-order chi connectivity index (χ0) is 39.9. The highest BCUT2D eigenvalue weighted by Crippen LogP contribution is 2.29. The maximum Gasteiger partial charge on any atom is 0.0237 e. The van der Waals surface area contributed by atoms with Gasteiger partial charge in [0.2, 0.25) is 0 Å². The topological polar surface area (TPSA) is 13.0 Å². The fraction of sp³-hybridized carbons (Fsp3) is 0.538. The molecule has 0 bridgehead atoms. The normalized spacial score (nSPS) is 21.5. The highest BCUT2D eigenvalue weighted by Gasteiger charge is 2.35. The molecule has 4 aromatic rings. The third kappa shape index (κ3) is 14.6. The lowest BCUT2D eigenvalue weighted by Gasteiger charge is -2.48. The van der Waals surface area contributed by atoms with Gasteiger partial charge in [-0.1, -0.05) is 177 Å². The fourth-order valence-corrected chi connectivity index (χ4v) is 9.26. The summed E-state index contributed by atoms with van der Waals surface area (Å²) in [7, 11) is 0. The molecular formula is C52H76N4. The molecule has 4 aromatic carbocycles. The summed E-state index contributed by atoms with van der Waals surface area (Å²) in [6, 6.07) is 47.0. The van der Waals surface area contributed by atoms with Gasteiger partial charge in [0.25, 0.3) is 0 Å². The number of hydrogen-bond donors (Lipinski definition) is 0. The molecule has 0 radical (unpaired) electrons. The average Bonchev–Trinajstić information content (AvgIpc) is 3.16. The summed E-state index contributed by atoms with van der Waals surface area (Å²) in [4.78, 5) is 11.7. The van der Waals surface area contributed by atoms with Gasteiger partial charge in [-0.3, -0.25) is 19.6 Å². The van der Waals surface area contributed by atoms with E-state index in [0.29, 0.717) is 47.8 Å². The van der Waals surface area contributed by atoms with Crippen LogP contribution in [-0.4, -0.2) is 69.9 Å². The molecule has 1 aliphatic rings. The van der Waals surface area contributed by atoms with E-state index in [2.05, 4.69) is 196 Å². The lowest BCUT2D eigenvalue weighted by Crippen LogP contribution is -2.58. The van der Waals surface area contributed by atoms with E-state index in [9.17, 15) is 0 Å². The Bertz CT molecular complexity index is 1360. The van der Waals surface area contributed by atoms with Crippen LogP contribution in [-0.2, 0) is 26.2 Å². The van der Waals surface area contributed by atoms with Gasteiger partial charge in [-0.05, 0) is 71.6 Å². The number of nitrogens with zero attached hydrogens (tertiary/aromatic N) is 4. The summed E-state index contributed by atoms with van der Waals surface area (Å²) in [5.74, 6) is 2.40. The average molecular weight is 757 g/mol. The van der Waals surface area contributed by atoms with Gasteiger partial charge in [0.1, 0.15) is 0 Å². The van der Waals surface area contributed by atoms with Gasteiger partial charge < -0.3 is 0 Å². The molecule has 1 heterocycles. The molecule has 0 N–H and O–H groups in total. The molecule has 0 saturated carbocycles. The van der Waals surface area contributed by atoms with Crippen LogP contribution in [0.1, 0.15) is 103 Å². The van der Waals surface area contributed by atoms with Gasteiger partial charge in [0.05, 0.1) is 0 Å². The molecule has 0 aliphatic carbocycles. The molecule has 0 aromatic heterocycles. The second kappa shape index (κ2) is 22.6. The molecule has 5 rings (SSSR count). The van der Waals surface area contributed by atoms with Crippen molar-refractivity contribution in [1.29, 1.82) is 0 Å². The zero-order valence-electron chi connectivity index (χ0n) is 36.4. The molecule has 1 aliphatic heterocycles. The number of benzene rings is 4. The van der Waals surface area contributed by atoms with E-state index in [-0.39, 0.29) is 0 Å². The monoisotopic (exact) mass is 757 g/mol. The minimum Gasteiger partial charge on any atom is -0.293 e. The first-order valence-electron chi connectivity index (χ1n) is 22.1. The molecule has 4 atom stereocenters. The Morgan fingerprint density at radius 2 is 0.500 bits per heavy atom. The molecule has 4 nitrogen and oxygen atoms in total. The molecule has 304 valence electrons. The molecular weight excluding hydrogens is 681 g/mol. The van der Waals surface area contributed by atoms with E-state index < -0.39 is 0 Å². The Kier molecular flexibility index (Phi) is 17.7. The van der Waals surface area contributed by atoms with E-state index in [1.54, 1.807) is 0 Å². The predicted molar refractivity (Wildman–Crippen MR) is 240 cm³/mol. The lowest BCUT2D eigenvalue weighted by molar-refractivity contribution is 0.00255. The van der Waals surface area contributed by atoms with Gasteiger partial charge >= 0.3 is 0 Å². The largest absolute Gasteiger partial charge is 0.293 e. The van der Waals surface area contributed by atoms with E-state index in [4.69, 9.17) is 0 Å². The Labute approximate surface area is 343 Å². The lowest BCUT2D eigenvalue weighted by atomic mass is 9.93. The standard InChI is InChI=1S/C52H76N4/c1-41(2)29-49-37-54(34-46-23-15-10-16-24-46)51(31-43(5)6)39-56(36-48-27-19-12-20-28-48)52(32-44(7)8)40-55(35-47-25-17-11-18-26-47)50(30-42(3)4)38-53(49)33-45-21-13-9-14-22-45/h9-28,41-44,49-52H,29-40H2,1-8H3/t49-,50-,51-,52-/m0/s1. The highest BCUT2D eigenvalue weighted by atomic mass is 15.3. The van der Waals surface area contributed by atoms with Crippen LogP contribution in [0.25, 0.3) is 0 Å². The van der Waals surface area contributed by atoms with Gasteiger partial charge in [-0.15, -0.1) is 0 Å². The minimum absolute atomic E-state index is 0.426. The first-order chi connectivity index (χ1) is 27.0. The smallest absolute Gasteiger partial charge is 0.0237 e. The second-order valence-electron chi connectivity index (χ2n) is 18.8. The molecule has 56 heavy (non-hydrogen) atoms. The summed E-state index contributed by atoms with van der Waals surface area (Å²) >= 11 is 0. The number of rotatable bonds is 16. The molecule has 1 saturated heterocycles.